The summed E-state index contributed by atoms with van der Waals surface area (Å²) in [4.78, 5) is 14.3. The molecule has 0 aromatic carbocycles. The number of hydrogen-bond acceptors (Lipinski definition) is 3. The number of aliphatic hydroxyl groups excluding tert-OH is 1. The minimum absolute atomic E-state index is 0.163. The van der Waals surface area contributed by atoms with Gasteiger partial charge in [-0.2, -0.15) is 0 Å². The Hall–Kier alpha value is -1.13. The number of Topliss-reactive ketones (excluding diaryl/α,β-unsaturated/α-hetero) is 1. The Labute approximate surface area is 109 Å². The van der Waals surface area contributed by atoms with Crippen molar-refractivity contribution in [2.45, 2.75) is 27.2 Å². The van der Waals surface area contributed by atoms with Gasteiger partial charge in [-0.15, -0.1) is 0 Å². The minimum atomic E-state index is 0.163. The van der Waals surface area contributed by atoms with Gasteiger partial charge in [-0.05, 0) is 32.9 Å². The molecule has 0 fully saturated rings. The van der Waals surface area contributed by atoms with Crippen LogP contribution < -0.4 is 0 Å². The van der Waals surface area contributed by atoms with Crippen molar-refractivity contribution in [3.05, 3.63) is 23.0 Å². The molecule has 0 aliphatic carbocycles. The van der Waals surface area contributed by atoms with E-state index in [1.807, 2.05) is 38.5 Å². The molecule has 0 amide bonds. The van der Waals surface area contributed by atoms with Gasteiger partial charge in [0.25, 0.3) is 0 Å². The quantitative estimate of drug-likeness (QED) is 0.749. The summed E-state index contributed by atoms with van der Waals surface area (Å²) >= 11 is 0. The van der Waals surface area contributed by atoms with Gasteiger partial charge in [0.2, 0.25) is 0 Å². The summed E-state index contributed by atoms with van der Waals surface area (Å²) in [5, 5.41) is 8.83. The third-order valence-electron chi connectivity index (χ3n) is 3.52. The van der Waals surface area contributed by atoms with Crippen molar-refractivity contribution in [3.63, 3.8) is 0 Å². The Morgan fingerprint density at radius 3 is 2.56 bits per heavy atom. The van der Waals surface area contributed by atoms with Gasteiger partial charge in [-0.25, -0.2) is 0 Å². The highest BCUT2D eigenvalue weighted by molar-refractivity contribution is 5.99. The second-order valence-electron chi connectivity index (χ2n) is 4.71. The lowest BCUT2D eigenvalue weighted by Crippen LogP contribution is -2.31. The first-order chi connectivity index (χ1) is 8.51. The van der Waals surface area contributed by atoms with Crippen LogP contribution in [0.15, 0.2) is 6.07 Å². The van der Waals surface area contributed by atoms with Gasteiger partial charge >= 0.3 is 0 Å². The van der Waals surface area contributed by atoms with Gasteiger partial charge in [0.05, 0.1) is 6.54 Å². The van der Waals surface area contributed by atoms with Gasteiger partial charge < -0.3 is 9.67 Å². The van der Waals surface area contributed by atoms with Gasteiger partial charge in [0, 0.05) is 37.2 Å². The summed E-state index contributed by atoms with van der Waals surface area (Å²) in [7, 11) is 1.98. The van der Waals surface area contributed by atoms with Crippen LogP contribution in [0.3, 0.4) is 0 Å². The molecule has 0 aliphatic heterocycles. The molecule has 4 nitrogen and oxygen atoms in total. The van der Waals surface area contributed by atoms with Crippen molar-refractivity contribution < 1.29 is 9.90 Å². The maximum Gasteiger partial charge on any atom is 0.178 e. The fourth-order valence-corrected chi connectivity index (χ4v) is 2.07. The number of hydrogen-bond donors (Lipinski definition) is 1. The average molecular weight is 252 g/mol. The summed E-state index contributed by atoms with van der Waals surface area (Å²) in [5.41, 5.74) is 2.95. The van der Waals surface area contributed by atoms with Crippen LogP contribution in [0.25, 0.3) is 0 Å². The number of aromatic nitrogens is 1. The molecule has 18 heavy (non-hydrogen) atoms. The standard InChI is InChI=1S/C14H24N2O2/c1-5-16(7-6-8-17)10-14(18)13-9-11(2)15(4)12(13)3/h9,17H,5-8,10H2,1-4H3. The lowest BCUT2D eigenvalue weighted by Gasteiger charge is -2.18. The Morgan fingerprint density at radius 2 is 2.11 bits per heavy atom. The van der Waals surface area contributed by atoms with E-state index in [0.29, 0.717) is 13.0 Å². The number of aliphatic hydroxyl groups is 1. The normalized spacial score (nSPS) is 11.2. The Kier molecular flexibility index (Phi) is 5.56. The van der Waals surface area contributed by atoms with E-state index in [1.165, 1.54) is 0 Å². The van der Waals surface area contributed by atoms with Crippen LogP contribution in [0.4, 0.5) is 0 Å². The molecule has 4 heteroatoms. The van der Waals surface area contributed by atoms with Crippen molar-refractivity contribution in [1.82, 2.24) is 9.47 Å². The summed E-state index contributed by atoms with van der Waals surface area (Å²) < 4.78 is 2.04. The predicted octanol–water partition coefficient (Wildman–Crippen LogP) is 1.53. The molecule has 0 bridgehead atoms. The maximum atomic E-state index is 12.2. The first kappa shape index (κ1) is 14.9. The molecule has 1 aromatic heterocycles. The molecule has 0 aliphatic rings. The van der Waals surface area contributed by atoms with Crippen LogP contribution in [0.2, 0.25) is 0 Å². The molecule has 1 heterocycles. The smallest absolute Gasteiger partial charge is 0.178 e. The van der Waals surface area contributed by atoms with Crippen molar-refractivity contribution in [2.75, 3.05) is 26.2 Å². The highest BCUT2D eigenvalue weighted by Gasteiger charge is 2.16. The Morgan fingerprint density at radius 1 is 1.44 bits per heavy atom. The molecule has 1 N–H and O–H groups in total. The number of nitrogens with zero attached hydrogens (tertiary/aromatic N) is 2. The summed E-state index contributed by atoms with van der Waals surface area (Å²) in [6, 6.07) is 1.96. The zero-order valence-corrected chi connectivity index (χ0v) is 11.9. The van der Waals surface area contributed by atoms with Crippen LogP contribution in [-0.2, 0) is 7.05 Å². The SMILES string of the molecule is CCN(CCCO)CC(=O)c1cc(C)n(C)c1C. The van der Waals surface area contributed by atoms with E-state index >= 15 is 0 Å². The van der Waals surface area contributed by atoms with E-state index in [-0.39, 0.29) is 12.4 Å². The Bertz CT molecular complexity index is 410. The number of rotatable bonds is 7. The van der Waals surface area contributed by atoms with Crippen LogP contribution in [0.5, 0.6) is 0 Å². The van der Waals surface area contributed by atoms with Crippen molar-refractivity contribution in [3.8, 4) is 0 Å². The topological polar surface area (TPSA) is 45.5 Å². The molecule has 0 radical (unpaired) electrons. The van der Waals surface area contributed by atoms with Gasteiger partial charge in [0.1, 0.15) is 0 Å². The molecular weight excluding hydrogens is 228 g/mol. The zero-order valence-electron chi connectivity index (χ0n) is 11.9. The Balaban J connectivity index is 2.71. The van der Waals surface area contributed by atoms with Crippen molar-refractivity contribution in [2.24, 2.45) is 7.05 Å². The van der Waals surface area contributed by atoms with E-state index in [4.69, 9.17) is 5.11 Å². The molecule has 0 saturated carbocycles. The summed E-state index contributed by atoms with van der Waals surface area (Å²) in [6.45, 7) is 8.22. The molecule has 0 atom stereocenters. The van der Waals surface area contributed by atoms with Gasteiger partial charge in [0.15, 0.2) is 5.78 Å². The first-order valence-corrected chi connectivity index (χ1v) is 6.50. The minimum Gasteiger partial charge on any atom is -0.396 e. The van der Waals surface area contributed by atoms with Crippen molar-refractivity contribution >= 4 is 5.78 Å². The van der Waals surface area contributed by atoms with Crippen LogP contribution in [0.1, 0.15) is 35.1 Å². The fourth-order valence-electron chi connectivity index (χ4n) is 2.07. The highest BCUT2D eigenvalue weighted by Crippen LogP contribution is 2.14. The number of carbonyl (C=O) groups is 1. The largest absolute Gasteiger partial charge is 0.396 e. The number of carbonyl (C=O) groups excluding carboxylic acids is 1. The van der Waals surface area contributed by atoms with Crippen LogP contribution in [-0.4, -0.2) is 46.6 Å². The predicted molar refractivity (Wildman–Crippen MR) is 73.0 cm³/mol. The molecule has 0 unspecified atom stereocenters. The molecule has 0 saturated heterocycles. The second kappa shape index (κ2) is 6.71. The number of aryl methyl sites for hydroxylation is 1. The van der Waals surface area contributed by atoms with E-state index < -0.39 is 0 Å². The summed E-state index contributed by atoms with van der Waals surface area (Å²) in [5.74, 6) is 0.163. The van der Waals surface area contributed by atoms with Crippen LogP contribution >= 0.6 is 0 Å². The van der Waals surface area contributed by atoms with Crippen LogP contribution in [0, 0.1) is 13.8 Å². The van der Waals surface area contributed by atoms with E-state index in [1.54, 1.807) is 0 Å². The number of likely N-dealkylation sites (N-methyl/N-ethyl adjacent to an activating group) is 1. The van der Waals surface area contributed by atoms with Gasteiger partial charge in [-0.3, -0.25) is 9.69 Å². The molecule has 1 rings (SSSR count). The molecule has 0 spiro atoms. The monoisotopic (exact) mass is 252 g/mol. The molecule has 102 valence electrons. The highest BCUT2D eigenvalue weighted by atomic mass is 16.3. The molecule has 1 aromatic rings. The average Bonchev–Trinajstić information content (AvgIpc) is 2.62. The second-order valence-corrected chi connectivity index (χ2v) is 4.71. The number of ketones is 1. The zero-order chi connectivity index (χ0) is 13.7. The van der Waals surface area contributed by atoms with E-state index in [0.717, 1.165) is 30.0 Å². The lowest BCUT2D eigenvalue weighted by molar-refractivity contribution is 0.0927. The lowest BCUT2D eigenvalue weighted by atomic mass is 10.1. The maximum absolute atomic E-state index is 12.2. The van der Waals surface area contributed by atoms with E-state index in [9.17, 15) is 4.79 Å². The summed E-state index contributed by atoms with van der Waals surface area (Å²) in [6.07, 6.45) is 0.716. The fraction of sp³-hybridized carbons (Fsp3) is 0.643. The molecular formula is C14H24N2O2. The van der Waals surface area contributed by atoms with E-state index in [2.05, 4.69) is 4.90 Å². The third kappa shape index (κ3) is 3.43. The van der Waals surface area contributed by atoms with Gasteiger partial charge in [-0.1, -0.05) is 6.92 Å². The third-order valence-corrected chi connectivity index (χ3v) is 3.52. The first-order valence-electron chi connectivity index (χ1n) is 6.50. The van der Waals surface area contributed by atoms with Crippen molar-refractivity contribution in [1.29, 1.82) is 0 Å².